The molecule has 0 saturated heterocycles. The van der Waals surface area contributed by atoms with Crippen LogP contribution in [-0.2, 0) is 25.7 Å². The zero-order valence-electron chi connectivity index (χ0n) is 14.6. The molecule has 6 heteroatoms. The number of halogens is 3. The van der Waals surface area contributed by atoms with Crippen LogP contribution in [-0.4, -0.2) is 21.4 Å². The molecule has 0 bridgehead atoms. The lowest BCUT2D eigenvalue weighted by molar-refractivity contribution is -0.138. The minimum Gasteiger partial charge on any atom is -0.294 e. The summed E-state index contributed by atoms with van der Waals surface area (Å²) in [6, 6.07) is 15.5. The van der Waals surface area contributed by atoms with E-state index in [0.29, 0.717) is 30.9 Å². The highest BCUT2D eigenvalue weighted by Gasteiger charge is 2.33. The molecule has 0 fully saturated rings. The Morgan fingerprint density at radius 2 is 1.70 bits per heavy atom. The smallest absolute Gasteiger partial charge is 0.294 e. The number of hydrogen-bond acceptors (Lipinski definition) is 3. The van der Waals surface area contributed by atoms with E-state index >= 15 is 0 Å². The lowest BCUT2D eigenvalue weighted by Gasteiger charge is -2.29. The molecule has 1 aromatic heterocycles. The van der Waals surface area contributed by atoms with Crippen molar-refractivity contribution in [1.29, 1.82) is 0 Å². The van der Waals surface area contributed by atoms with Crippen LogP contribution >= 0.6 is 0 Å². The molecule has 3 nitrogen and oxygen atoms in total. The van der Waals surface area contributed by atoms with E-state index in [4.69, 9.17) is 0 Å². The van der Waals surface area contributed by atoms with Crippen LogP contribution in [0, 0.1) is 0 Å². The predicted octanol–water partition coefficient (Wildman–Crippen LogP) is 4.72. The molecular formula is C21H18F3N3. The first-order chi connectivity index (χ1) is 13.0. The van der Waals surface area contributed by atoms with E-state index in [0.717, 1.165) is 22.9 Å². The molecule has 0 saturated carbocycles. The van der Waals surface area contributed by atoms with Gasteiger partial charge in [-0.1, -0.05) is 48.5 Å². The van der Waals surface area contributed by atoms with Crippen LogP contribution < -0.4 is 0 Å². The second kappa shape index (κ2) is 7.12. The van der Waals surface area contributed by atoms with E-state index in [2.05, 4.69) is 9.97 Å². The fourth-order valence-corrected chi connectivity index (χ4v) is 3.41. The molecule has 3 aromatic rings. The number of rotatable bonds is 3. The lowest BCUT2D eigenvalue weighted by Crippen LogP contribution is -2.31. The van der Waals surface area contributed by atoms with Crippen molar-refractivity contribution >= 4 is 0 Å². The first kappa shape index (κ1) is 17.7. The van der Waals surface area contributed by atoms with Gasteiger partial charge in [0.25, 0.3) is 0 Å². The summed E-state index contributed by atoms with van der Waals surface area (Å²) in [5.74, 6) is 0.685. The van der Waals surface area contributed by atoms with Crippen LogP contribution in [0.4, 0.5) is 13.2 Å². The average molecular weight is 369 g/mol. The molecule has 138 valence electrons. The van der Waals surface area contributed by atoms with Gasteiger partial charge in [0.05, 0.1) is 11.3 Å². The molecule has 2 heterocycles. The highest BCUT2D eigenvalue weighted by atomic mass is 19.4. The van der Waals surface area contributed by atoms with Crippen molar-refractivity contribution in [2.75, 3.05) is 6.54 Å². The van der Waals surface area contributed by atoms with Gasteiger partial charge in [0, 0.05) is 43.4 Å². The molecule has 1 aliphatic heterocycles. The van der Waals surface area contributed by atoms with Crippen molar-refractivity contribution in [2.24, 2.45) is 0 Å². The fourth-order valence-electron chi connectivity index (χ4n) is 3.41. The van der Waals surface area contributed by atoms with E-state index in [1.54, 1.807) is 18.3 Å². The van der Waals surface area contributed by atoms with Crippen LogP contribution in [0.5, 0.6) is 0 Å². The maximum atomic E-state index is 13.2. The van der Waals surface area contributed by atoms with Gasteiger partial charge in [-0.25, -0.2) is 9.97 Å². The number of alkyl halides is 3. The van der Waals surface area contributed by atoms with Gasteiger partial charge in [0.2, 0.25) is 0 Å². The predicted molar refractivity (Wildman–Crippen MR) is 96.7 cm³/mol. The third-order valence-corrected chi connectivity index (χ3v) is 4.76. The molecule has 0 aliphatic carbocycles. The van der Waals surface area contributed by atoms with E-state index in [9.17, 15) is 13.2 Å². The number of aromatic nitrogens is 2. The average Bonchev–Trinajstić information content (AvgIpc) is 2.68. The first-order valence-corrected chi connectivity index (χ1v) is 8.78. The summed E-state index contributed by atoms with van der Waals surface area (Å²) in [7, 11) is 0. The van der Waals surface area contributed by atoms with Gasteiger partial charge in [-0.2, -0.15) is 13.2 Å². The summed E-state index contributed by atoms with van der Waals surface area (Å²) >= 11 is 0. The minimum atomic E-state index is -4.34. The van der Waals surface area contributed by atoms with Crippen molar-refractivity contribution in [3.8, 4) is 11.4 Å². The SMILES string of the molecule is FC(F)(F)c1ccccc1CN1CCc2nc(-c3ccccc3)ncc2C1. The largest absolute Gasteiger partial charge is 0.416 e. The van der Waals surface area contributed by atoms with E-state index in [1.807, 2.05) is 35.2 Å². The molecule has 0 unspecified atom stereocenters. The van der Waals surface area contributed by atoms with Gasteiger partial charge in [-0.3, -0.25) is 4.90 Å². The lowest BCUT2D eigenvalue weighted by atomic mass is 10.0. The molecule has 0 N–H and O–H groups in total. The highest BCUT2D eigenvalue weighted by Crippen LogP contribution is 2.33. The topological polar surface area (TPSA) is 29.0 Å². The maximum absolute atomic E-state index is 13.2. The zero-order valence-corrected chi connectivity index (χ0v) is 14.6. The summed E-state index contributed by atoms with van der Waals surface area (Å²) in [5, 5.41) is 0. The van der Waals surface area contributed by atoms with Gasteiger partial charge in [-0.05, 0) is 11.6 Å². The summed E-state index contributed by atoms with van der Waals surface area (Å²) < 4.78 is 39.6. The Kier molecular flexibility index (Phi) is 4.66. The van der Waals surface area contributed by atoms with Gasteiger partial charge >= 0.3 is 6.18 Å². The molecule has 2 aromatic carbocycles. The highest BCUT2D eigenvalue weighted by molar-refractivity contribution is 5.54. The number of hydrogen-bond donors (Lipinski definition) is 0. The molecule has 1 aliphatic rings. The van der Waals surface area contributed by atoms with E-state index in [-0.39, 0.29) is 6.54 Å². The third-order valence-electron chi connectivity index (χ3n) is 4.76. The molecular weight excluding hydrogens is 351 g/mol. The van der Waals surface area contributed by atoms with E-state index < -0.39 is 11.7 Å². The maximum Gasteiger partial charge on any atom is 0.416 e. The monoisotopic (exact) mass is 369 g/mol. The minimum absolute atomic E-state index is 0.259. The Morgan fingerprint density at radius 1 is 0.963 bits per heavy atom. The second-order valence-electron chi connectivity index (χ2n) is 6.65. The van der Waals surface area contributed by atoms with Crippen molar-refractivity contribution in [3.63, 3.8) is 0 Å². The molecule has 0 spiro atoms. The van der Waals surface area contributed by atoms with E-state index in [1.165, 1.54) is 6.07 Å². The van der Waals surface area contributed by atoms with Crippen molar-refractivity contribution in [3.05, 3.63) is 83.2 Å². The van der Waals surface area contributed by atoms with Crippen LogP contribution in [0.1, 0.15) is 22.4 Å². The van der Waals surface area contributed by atoms with Crippen LogP contribution in [0.15, 0.2) is 60.8 Å². The Labute approximate surface area is 155 Å². The Balaban J connectivity index is 1.53. The number of benzene rings is 2. The van der Waals surface area contributed by atoms with Crippen LogP contribution in [0.2, 0.25) is 0 Å². The zero-order chi connectivity index (χ0) is 18.9. The normalized spacial score (nSPS) is 14.8. The molecule has 4 rings (SSSR count). The number of fused-ring (bicyclic) bond motifs is 1. The third kappa shape index (κ3) is 3.85. The van der Waals surface area contributed by atoms with Gasteiger partial charge in [0.15, 0.2) is 5.82 Å². The molecule has 0 atom stereocenters. The fraction of sp³-hybridized carbons (Fsp3) is 0.238. The van der Waals surface area contributed by atoms with Gasteiger partial charge < -0.3 is 0 Å². The summed E-state index contributed by atoms with van der Waals surface area (Å²) in [5.41, 5.74) is 2.65. The number of nitrogens with zero attached hydrogens (tertiary/aromatic N) is 3. The van der Waals surface area contributed by atoms with Crippen LogP contribution in [0.3, 0.4) is 0 Å². The summed E-state index contributed by atoms with van der Waals surface area (Å²) in [4.78, 5) is 11.1. The van der Waals surface area contributed by atoms with Gasteiger partial charge in [0.1, 0.15) is 0 Å². The Morgan fingerprint density at radius 3 is 2.48 bits per heavy atom. The summed E-state index contributed by atoms with van der Waals surface area (Å²) in [6.45, 7) is 1.48. The quantitative estimate of drug-likeness (QED) is 0.669. The van der Waals surface area contributed by atoms with Crippen molar-refractivity contribution < 1.29 is 13.2 Å². The molecule has 27 heavy (non-hydrogen) atoms. The second-order valence-corrected chi connectivity index (χ2v) is 6.65. The Hall–Kier alpha value is -2.73. The Bertz CT molecular complexity index is 939. The molecule has 0 amide bonds. The summed E-state index contributed by atoms with van der Waals surface area (Å²) in [6.07, 6.45) is -1.84. The molecule has 0 radical (unpaired) electrons. The first-order valence-electron chi connectivity index (χ1n) is 8.78. The standard InChI is InChI=1S/C21H18F3N3/c22-21(23,24)18-9-5-4-8-16(18)13-27-11-10-19-17(14-27)12-25-20(26-19)15-6-2-1-3-7-15/h1-9,12H,10-11,13-14H2. The van der Waals surface area contributed by atoms with Crippen molar-refractivity contribution in [2.45, 2.75) is 25.7 Å². The van der Waals surface area contributed by atoms with Crippen molar-refractivity contribution in [1.82, 2.24) is 14.9 Å². The van der Waals surface area contributed by atoms with Gasteiger partial charge in [-0.15, -0.1) is 0 Å². The van der Waals surface area contributed by atoms with Crippen LogP contribution in [0.25, 0.3) is 11.4 Å².